The van der Waals surface area contributed by atoms with Gasteiger partial charge in [-0.15, -0.1) is 0 Å². The first kappa shape index (κ1) is 9.53. The van der Waals surface area contributed by atoms with Gasteiger partial charge in [0.15, 0.2) is 0 Å². The molecule has 0 saturated carbocycles. The van der Waals surface area contributed by atoms with E-state index in [0.29, 0.717) is 6.20 Å². The van der Waals surface area contributed by atoms with Crippen LogP contribution < -0.4 is 11.2 Å². The zero-order valence-corrected chi connectivity index (χ0v) is 9.34. The van der Waals surface area contributed by atoms with Crippen molar-refractivity contribution in [3.63, 3.8) is 0 Å². The number of nitrogens with one attached hydrogen (secondary N) is 2. The van der Waals surface area contributed by atoms with Crippen molar-refractivity contribution in [1.29, 1.82) is 0 Å². The second-order valence-electron chi connectivity index (χ2n) is 1.42. The van der Waals surface area contributed by atoms with Gasteiger partial charge in [-0.25, -0.2) is 4.79 Å². The fraction of sp³-hybridized carbons (Fsp3) is 0. The van der Waals surface area contributed by atoms with E-state index in [4.69, 9.17) is 0 Å². The molecule has 50 valence electrons. The van der Waals surface area contributed by atoms with E-state index in [9.17, 15) is 14.0 Å². The van der Waals surface area contributed by atoms with Gasteiger partial charge in [-0.05, 0) is 0 Å². The minimum absolute atomic E-state index is 0. The topological polar surface area (TPSA) is 65.7 Å². The van der Waals surface area contributed by atoms with Gasteiger partial charge in [0, 0.05) is 6.20 Å². The number of aromatic amines is 2. The van der Waals surface area contributed by atoms with Crippen LogP contribution in [-0.2, 0) is 0 Å². The quantitative estimate of drug-likeness (QED) is 0.587. The number of aromatic nitrogens is 2. The Bertz CT molecular complexity index is 318. The van der Waals surface area contributed by atoms with E-state index in [1.54, 1.807) is 4.98 Å². The van der Waals surface area contributed by atoms with Crippen molar-refractivity contribution in [2.45, 2.75) is 0 Å². The fourth-order valence-electron chi connectivity index (χ4n) is 0.393. The third-order valence-corrected chi connectivity index (χ3v) is 0.774. The van der Waals surface area contributed by atoms with Crippen LogP contribution in [0.4, 0.5) is 4.39 Å². The van der Waals surface area contributed by atoms with Crippen LogP contribution >= 0.6 is 0 Å². The number of rotatable bonds is 0. The van der Waals surface area contributed by atoms with E-state index >= 15 is 0 Å². The van der Waals surface area contributed by atoms with Crippen molar-refractivity contribution >= 4 is 27.3 Å². The van der Waals surface area contributed by atoms with Gasteiger partial charge in [0.2, 0.25) is 5.82 Å². The Hall–Kier alpha value is -0.468. The summed E-state index contributed by atoms with van der Waals surface area (Å²) in [7, 11) is 0. The molecule has 0 aromatic carbocycles. The van der Waals surface area contributed by atoms with Crippen LogP contribution in [0.25, 0.3) is 0 Å². The predicted molar refractivity (Wildman–Crippen MR) is 33.4 cm³/mol. The molecule has 0 radical (unpaired) electrons. The second-order valence-corrected chi connectivity index (χ2v) is 1.42. The molecule has 0 fully saturated rings. The summed E-state index contributed by atoms with van der Waals surface area (Å²) in [6.45, 7) is 0. The SMILES string of the molecule is O=c1[nH]cc(F)c(=O)[nH]1.[Tl+]. The molecule has 0 aliphatic rings. The molecule has 0 atom stereocenters. The van der Waals surface area contributed by atoms with Crippen molar-refractivity contribution in [2.24, 2.45) is 0 Å². The molecule has 0 saturated heterocycles. The first-order valence-electron chi connectivity index (χ1n) is 2.17. The predicted octanol–water partition coefficient (Wildman–Crippen LogP) is -1.18. The van der Waals surface area contributed by atoms with Crippen molar-refractivity contribution in [3.8, 4) is 0 Å². The molecule has 6 heteroatoms. The van der Waals surface area contributed by atoms with Gasteiger partial charge in [0.05, 0.1) is 0 Å². The molecule has 10 heavy (non-hydrogen) atoms. The Morgan fingerprint density at radius 2 is 2.00 bits per heavy atom. The molecule has 0 amide bonds. The Morgan fingerprint density at radius 1 is 1.40 bits per heavy atom. The van der Waals surface area contributed by atoms with Gasteiger partial charge in [-0.2, -0.15) is 4.39 Å². The van der Waals surface area contributed by atoms with E-state index in [1.807, 2.05) is 4.98 Å². The van der Waals surface area contributed by atoms with Crippen LogP contribution in [0.3, 0.4) is 0 Å². The molecule has 0 bridgehead atoms. The van der Waals surface area contributed by atoms with Crippen LogP contribution in [0.15, 0.2) is 15.8 Å². The Labute approximate surface area is 74.6 Å². The van der Waals surface area contributed by atoms with E-state index < -0.39 is 17.1 Å². The Kier molecular flexibility index (Phi) is 3.47. The minimum atomic E-state index is -1.00. The van der Waals surface area contributed by atoms with Gasteiger partial charge in [0.25, 0.3) is 5.56 Å². The standard InChI is InChI=1S/C4H3FN2O2.Tl/c5-2-1-6-4(9)7-3(2)8;/h1H,(H2,6,7,8,9);/q;+1. The Morgan fingerprint density at radius 3 is 2.40 bits per heavy atom. The summed E-state index contributed by atoms with van der Waals surface area (Å²) in [4.78, 5) is 24.0. The maximum Gasteiger partial charge on any atom is 1.00 e. The molecule has 0 unspecified atom stereocenters. The largest absolute Gasteiger partial charge is 1.00 e. The summed E-state index contributed by atoms with van der Waals surface area (Å²) in [5.74, 6) is -0.991. The number of H-pyrrole nitrogens is 2. The average molecular weight is 334 g/mol. The van der Waals surface area contributed by atoms with Crippen LogP contribution in [0.1, 0.15) is 0 Å². The molecular weight excluding hydrogens is 331 g/mol. The summed E-state index contributed by atoms with van der Waals surface area (Å²) in [5, 5.41) is 0. The molecule has 0 aliphatic heterocycles. The molecule has 1 rings (SSSR count). The zero-order chi connectivity index (χ0) is 6.85. The van der Waals surface area contributed by atoms with Crippen molar-refractivity contribution in [2.75, 3.05) is 0 Å². The van der Waals surface area contributed by atoms with Gasteiger partial charge in [0.1, 0.15) is 0 Å². The molecule has 0 aliphatic carbocycles. The van der Waals surface area contributed by atoms with Gasteiger partial charge >= 0.3 is 33.0 Å². The van der Waals surface area contributed by atoms with Crippen molar-refractivity contribution in [3.05, 3.63) is 32.9 Å². The van der Waals surface area contributed by atoms with E-state index in [0.717, 1.165) is 0 Å². The Balaban J connectivity index is 0.000000810. The maximum atomic E-state index is 12.0. The van der Waals surface area contributed by atoms with Crippen LogP contribution in [0.5, 0.6) is 0 Å². The van der Waals surface area contributed by atoms with Gasteiger partial charge < -0.3 is 4.98 Å². The molecular formula is C4H3FN2O2Tl+. The second kappa shape index (κ2) is 3.64. The van der Waals surface area contributed by atoms with Crippen LogP contribution in [0.2, 0.25) is 0 Å². The summed E-state index contributed by atoms with van der Waals surface area (Å²) in [6, 6.07) is 0. The first-order valence-corrected chi connectivity index (χ1v) is 2.17. The molecule has 1 aromatic rings. The van der Waals surface area contributed by atoms with E-state index in [-0.39, 0.29) is 27.3 Å². The summed E-state index contributed by atoms with van der Waals surface area (Å²) < 4.78 is 12.0. The molecule has 1 heterocycles. The summed E-state index contributed by atoms with van der Waals surface area (Å²) in [5.41, 5.74) is -1.71. The normalized spacial score (nSPS) is 8.50. The zero-order valence-electron chi connectivity index (χ0n) is 4.85. The smallest absolute Gasteiger partial charge is 0.311 e. The van der Waals surface area contributed by atoms with Gasteiger partial charge in [-0.3, -0.25) is 9.78 Å². The van der Waals surface area contributed by atoms with Crippen LogP contribution in [0, 0.1) is 5.82 Å². The van der Waals surface area contributed by atoms with Crippen molar-refractivity contribution in [1.82, 2.24) is 9.97 Å². The molecule has 0 spiro atoms. The minimum Gasteiger partial charge on any atom is -0.311 e. The average Bonchev–Trinajstić information content (AvgIpc) is 1.80. The maximum absolute atomic E-state index is 12.0. The van der Waals surface area contributed by atoms with Crippen LogP contribution in [-0.4, -0.2) is 37.3 Å². The number of hydrogen-bond acceptors (Lipinski definition) is 2. The monoisotopic (exact) mass is 335 g/mol. The fourth-order valence-corrected chi connectivity index (χ4v) is 0.393. The molecule has 1 aromatic heterocycles. The third kappa shape index (κ3) is 2.05. The third-order valence-electron chi connectivity index (χ3n) is 0.774. The van der Waals surface area contributed by atoms with E-state index in [1.165, 1.54) is 0 Å². The number of halogens is 1. The number of hydrogen-bond donors (Lipinski definition) is 2. The molecule has 4 nitrogen and oxygen atoms in total. The summed E-state index contributed by atoms with van der Waals surface area (Å²) >= 11 is 0. The first-order chi connectivity index (χ1) is 4.20. The van der Waals surface area contributed by atoms with E-state index in [2.05, 4.69) is 0 Å². The van der Waals surface area contributed by atoms with Gasteiger partial charge in [-0.1, -0.05) is 0 Å². The summed E-state index contributed by atoms with van der Waals surface area (Å²) in [6.07, 6.45) is 0.709. The van der Waals surface area contributed by atoms with Crippen molar-refractivity contribution < 1.29 is 4.39 Å². The molecule has 2 N–H and O–H groups in total.